The van der Waals surface area contributed by atoms with Crippen molar-refractivity contribution in [2.75, 3.05) is 6.61 Å². The average Bonchev–Trinajstić information content (AvgIpc) is 3.11. The lowest BCUT2D eigenvalue weighted by Crippen LogP contribution is -2.27. The first-order chi connectivity index (χ1) is 14.0. The van der Waals surface area contributed by atoms with Crippen LogP contribution in [0, 0.1) is 5.82 Å². The summed E-state index contributed by atoms with van der Waals surface area (Å²) in [5.41, 5.74) is 7.62. The second kappa shape index (κ2) is 7.46. The quantitative estimate of drug-likeness (QED) is 0.702. The number of amidine groups is 1. The van der Waals surface area contributed by atoms with Gasteiger partial charge in [0, 0.05) is 11.8 Å². The molecule has 1 aliphatic rings. The molecule has 0 saturated heterocycles. The van der Waals surface area contributed by atoms with Crippen molar-refractivity contribution in [2.24, 2.45) is 10.7 Å². The second-order valence-corrected chi connectivity index (χ2v) is 6.47. The predicted octanol–water partition coefficient (Wildman–Crippen LogP) is 4.08. The van der Waals surface area contributed by atoms with E-state index in [1.165, 1.54) is 18.2 Å². The predicted molar refractivity (Wildman–Crippen MR) is 101 cm³/mol. The smallest absolute Gasteiger partial charge is 0.387 e. The van der Waals surface area contributed by atoms with Gasteiger partial charge in [0.05, 0.1) is 6.20 Å². The Morgan fingerprint density at radius 3 is 2.45 bits per heavy atom. The van der Waals surface area contributed by atoms with Gasteiger partial charge in [0.2, 0.25) is 0 Å². The minimum atomic E-state index is -2.91. The first-order valence-electron chi connectivity index (χ1n) is 8.71. The molecule has 1 aromatic heterocycles. The highest BCUT2D eigenvalue weighted by molar-refractivity contribution is 5.75. The molecule has 148 valence electrons. The second-order valence-electron chi connectivity index (χ2n) is 6.47. The SMILES string of the molecule is NC1=N[C@@](c2ccc(OC(F)F)cc2)(c2cccc(-c3cncc(F)c3)c2)CO1. The van der Waals surface area contributed by atoms with Gasteiger partial charge in [-0.2, -0.15) is 8.78 Å². The normalized spacial score (nSPS) is 18.4. The molecule has 0 aliphatic carbocycles. The van der Waals surface area contributed by atoms with Crippen LogP contribution < -0.4 is 10.5 Å². The zero-order valence-corrected chi connectivity index (χ0v) is 15.1. The van der Waals surface area contributed by atoms with Crippen molar-refractivity contribution in [2.45, 2.75) is 12.2 Å². The molecule has 0 bridgehead atoms. The van der Waals surface area contributed by atoms with E-state index in [4.69, 9.17) is 10.5 Å². The molecule has 5 nitrogen and oxygen atoms in total. The Bertz CT molecular complexity index is 1060. The summed E-state index contributed by atoms with van der Waals surface area (Å²) in [6, 6.07) is 14.9. The highest BCUT2D eigenvalue weighted by Gasteiger charge is 2.40. The van der Waals surface area contributed by atoms with Crippen LogP contribution in [0.4, 0.5) is 13.2 Å². The molecular weight excluding hydrogens is 383 g/mol. The number of aromatic nitrogens is 1. The van der Waals surface area contributed by atoms with E-state index in [-0.39, 0.29) is 18.4 Å². The van der Waals surface area contributed by atoms with E-state index in [1.54, 1.807) is 18.3 Å². The molecule has 4 rings (SSSR count). The van der Waals surface area contributed by atoms with E-state index in [9.17, 15) is 13.2 Å². The van der Waals surface area contributed by atoms with Crippen LogP contribution in [0.2, 0.25) is 0 Å². The van der Waals surface area contributed by atoms with E-state index < -0.39 is 18.0 Å². The zero-order chi connectivity index (χ0) is 20.4. The molecule has 2 heterocycles. The van der Waals surface area contributed by atoms with Gasteiger partial charge in [0.1, 0.15) is 18.2 Å². The Hall–Kier alpha value is -3.55. The lowest BCUT2D eigenvalue weighted by Gasteiger charge is -2.26. The van der Waals surface area contributed by atoms with Crippen LogP contribution in [0.5, 0.6) is 5.75 Å². The van der Waals surface area contributed by atoms with Crippen molar-refractivity contribution in [1.29, 1.82) is 0 Å². The first-order valence-corrected chi connectivity index (χ1v) is 8.71. The van der Waals surface area contributed by atoms with E-state index >= 15 is 0 Å². The topological polar surface area (TPSA) is 69.7 Å². The van der Waals surface area contributed by atoms with Crippen LogP contribution in [0.3, 0.4) is 0 Å². The van der Waals surface area contributed by atoms with Crippen LogP contribution in [-0.2, 0) is 10.3 Å². The molecule has 3 aromatic rings. The van der Waals surface area contributed by atoms with E-state index in [0.717, 1.165) is 17.3 Å². The summed E-state index contributed by atoms with van der Waals surface area (Å²) in [5, 5.41) is 0. The molecule has 1 aliphatic heterocycles. The Morgan fingerprint density at radius 2 is 1.79 bits per heavy atom. The lowest BCUT2D eigenvalue weighted by molar-refractivity contribution is -0.0498. The zero-order valence-electron chi connectivity index (χ0n) is 15.1. The fraction of sp³-hybridized carbons (Fsp3) is 0.143. The minimum Gasteiger partial charge on any atom is -0.462 e. The van der Waals surface area contributed by atoms with Crippen LogP contribution in [0.25, 0.3) is 11.1 Å². The fourth-order valence-corrected chi connectivity index (χ4v) is 3.33. The summed E-state index contributed by atoms with van der Waals surface area (Å²) in [6.45, 7) is -2.77. The Labute approximate surface area is 164 Å². The number of ether oxygens (including phenoxy) is 2. The van der Waals surface area contributed by atoms with Crippen molar-refractivity contribution >= 4 is 6.02 Å². The largest absolute Gasteiger partial charge is 0.462 e. The number of rotatable bonds is 5. The molecular formula is C21H16F3N3O2. The molecule has 0 fully saturated rings. The first kappa shape index (κ1) is 18.8. The number of halogens is 3. The van der Waals surface area contributed by atoms with E-state index in [0.29, 0.717) is 11.1 Å². The fourth-order valence-electron chi connectivity index (χ4n) is 3.33. The molecule has 1 atom stereocenters. The third kappa shape index (κ3) is 3.73. The van der Waals surface area contributed by atoms with Crippen molar-refractivity contribution < 1.29 is 22.6 Å². The van der Waals surface area contributed by atoms with Crippen molar-refractivity contribution in [3.05, 3.63) is 83.9 Å². The van der Waals surface area contributed by atoms with Crippen LogP contribution in [0.1, 0.15) is 11.1 Å². The van der Waals surface area contributed by atoms with Gasteiger partial charge in [-0.05, 0) is 41.0 Å². The maximum absolute atomic E-state index is 13.6. The maximum Gasteiger partial charge on any atom is 0.387 e. The van der Waals surface area contributed by atoms with Gasteiger partial charge in [-0.15, -0.1) is 0 Å². The van der Waals surface area contributed by atoms with Crippen molar-refractivity contribution in [3.8, 4) is 16.9 Å². The Kier molecular flexibility index (Phi) is 4.84. The summed E-state index contributed by atoms with van der Waals surface area (Å²) < 4.78 is 48.3. The number of hydrogen-bond donors (Lipinski definition) is 1. The molecule has 2 N–H and O–H groups in total. The number of alkyl halides is 2. The Balaban J connectivity index is 1.77. The monoisotopic (exact) mass is 399 g/mol. The van der Waals surface area contributed by atoms with E-state index in [1.807, 2.05) is 24.3 Å². The summed E-state index contributed by atoms with van der Waals surface area (Å²) >= 11 is 0. The molecule has 0 unspecified atom stereocenters. The standard InChI is InChI=1S/C21H16F3N3O2/c22-17-9-14(10-26-11-17)13-2-1-3-16(8-13)21(12-28-20(25)27-21)15-4-6-18(7-5-15)29-19(23)24/h1-11,19H,12H2,(H2,25,27)/t21-/m0/s1. The van der Waals surface area contributed by atoms with Crippen LogP contribution in [-0.4, -0.2) is 24.2 Å². The van der Waals surface area contributed by atoms with Gasteiger partial charge in [-0.3, -0.25) is 4.98 Å². The van der Waals surface area contributed by atoms with Gasteiger partial charge < -0.3 is 15.2 Å². The summed E-state index contributed by atoms with van der Waals surface area (Å²) in [4.78, 5) is 8.38. The van der Waals surface area contributed by atoms with Gasteiger partial charge >= 0.3 is 6.61 Å². The lowest BCUT2D eigenvalue weighted by atomic mass is 9.83. The molecule has 0 radical (unpaired) electrons. The number of benzene rings is 2. The molecule has 2 aromatic carbocycles. The molecule has 0 saturated carbocycles. The van der Waals surface area contributed by atoms with Crippen LogP contribution in [0.15, 0.2) is 72.0 Å². The molecule has 29 heavy (non-hydrogen) atoms. The molecule has 0 amide bonds. The number of pyridine rings is 1. The highest BCUT2D eigenvalue weighted by Crippen LogP contribution is 2.39. The summed E-state index contributed by atoms with van der Waals surface area (Å²) in [7, 11) is 0. The number of nitrogens with zero attached hydrogens (tertiary/aromatic N) is 2. The number of hydrogen-bond acceptors (Lipinski definition) is 5. The van der Waals surface area contributed by atoms with E-state index in [2.05, 4.69) is 14.7 Å². The summed E-state index contributed by atoms with van der Waals surface area (Å²) in [5.74, 6) is -0.405. The highest BCUT2D eigenvalue weighted by atomic mass is 19.3. The average molecular weight is 399 g/mol. The van der Waals surface area contributed by atoms with Crippen molar-refractivity contribution in [3.63, 3.8) is 0 Å². The van der Waals surface area contributed by atoms with Gasteiger partial charge in [0.25, 0.3) is 6.02 Å². The maximum atomic E-state index is 13.6. The molecule has 8 heteroatoms. The van der Waals surface area contributed by atoms with Gasteiger partial charge in [0.15, 0.2) is 5.54 Å². The Morgan fingerprint density at radius 1 is 1.00 bits per heavy atom. The van der Waals surface area contributed by atoms with Crippen molar-refractivity contribution in [1.82, 2.24) is 4.98 Å². The number of nitrogens with two attached hydrogens (primary N) is 1. The van der Waals surface area contributed by atoms with Gasteiger partial charge in [-0.1, -0.05) is 30.3 Å². The third-order valence-corrected chi connectivity index (χ3v) is 4.67. The van der Waals surface area contributed by atoms with Gasteiger partial charge in [-0.25, -0.2) is 9.38 Å². The minimum absolute atomic E-state index is 0.0238. The molecule has 0 spiro atoms. The number of aliphatic imine (C=N–C) groups is 1. The summed E-state index contributed by atoms with van der Waals surface area (Å²) in [6.07, 6.45) is 2.70. The third-order valence-electron chi connectivity index (χ3n) is 4.67. The van der Waals surface area contributed by atoms with Crippen LogP contribution >= 0.6 is 0 Å².